The molecule has 0 aliphatic heterocycles. The van der Waals surface area contributed by atoms with E-state index in [0.29, 0.717) is 12.8 Å². The van der Waals surface area contributed by atoms with E-state index in [1.165, 1.54) is 0 Å². The number of ether oxygens (including phenoxy) is 1. The Kier molecular flexibility index (Phi) is 5.05. The van der Waals surface area contributed by atoms with E-state index in [1.54, 1.807) is 0 Å². The van der Waals surface area contributed by atoms with Crippen LogP contribution in [-0.2, 0) is 19.1 Å². The summed E-state index contributed by atoms with van der Waals surface area (Å²) in [5.41, 5.74) is 5.19. The lowest BCUT2D eigenvalue weighted by atomic mass is 10.1. The third-order valence-electron chi connectivity index (χ3n) is 2.58. The van der Waals surface area contributed by atoms with Gasteiger partial charge in [0.25, 0.3) is 0 Å². The molecule has 0 spiro atoms. The van der Waals surface area contributed by atoms with Crippen molar-refractivity contribution in [2.24, 2.45) is 11.7 Å². The molecule has 2 atom stereocenters. The zero-order chi connectivity index (χ0) is 12.8. The van der Waals surface area contributed by atoms with Gasteiger partial charge in [-0.3, -0.25) is 14.4 Å². The number of rotatable bonds is 6. The van der Waals surface area contributed by atoms with Crippen LogP contribution < -0.4 is 11.1 Å². The number of nitrogens with one attached hydrogen (secondary N) is 1. The SMILES string of the molecule is NC(COCNC(=O)C1CCCC1=O)C(=O)O. The standard InChI is InChI=1S/C10H16N2O5/c11-7(10(15)16)4-17-5-12-9(14)6-2-1-3-8(6)13/h6-7H,1-5,11H2,(H,12,14)(H,15,16). The Bertz CT molecular complexity index is 318. The summed E-state index contributed by atoms with van der Waals surface area (Å²) in [5, 5.41) is 10.9. The number of carbonyl (C=O) groups is 3. The van der Waals surface area contributed by atoms with Crippen LogP contribution in [0.15, 0.2) is 0 Å². The molecule has 1 saturated carbocycles. The normalized spacial score (nSPS) is 21.2. The van der Waals surface area contributed by atoms with Gasteiger partial charge in [0.1, 0.15) is 18.6 Å². The number of carboxylic acid groups (broad SMARTS) is 1. The summed E-state index contributed by atoms with van der Waals surface area (Å²) in [5.74, 6) is -2.16. The average molecular weight is 244 g/mol. The number of hydrogen-bond donors (Lipinski definition) is 3. The van der Waals surface area contributed by atoms with Gasteiger partial charge in [-0.05, 0) is 12.8 Å². The fraction of sp³-hybridized carbons (Fsp3) is 0.700. The Morgan fingerprint density at radius 3 is 2.82 bits per heavy atom. The summed E-state index contributed by atoms with van der Waals surface area (Å²) in [4.78, 5) is 33.1. The lowest BCUT2D eigenvalue weighted by molar-refractivity contribution is -0.140. The maximum absolute atomic E-state index is 11.5. The zero-order valence-corrected chi connectivity index (χ0v) is 9.35. The molecule has 7 heteroatoms. The zero-order valence-electron chi connectivity index (χ0n) is 9.35. The van der Waals surface area contributed by atoms with E-state index < -0.39 is 17.9 Å². The highest BCUT2D eigenvalue weighted by Gasteiger charge is 2.30. The first-order valence-corrected chi connectivity index (χ1v) is 5.39. The Morgan fingerprint density at radius 1 is 1.59 bits per heavy atom. The lowest BCUT2D eigenvalue weighted by Gasteiger charge is -2.11. The van der Waals surface area contributed by atoms with Crippen LogP contribution in [0.5, 0.6) is 0 Å². The van der Waals surface area contributed by atoms with Crippen LogP contribution in [0, 0.1) is 5.92 Å². The van der Waals surface area contributed by atoms with Crippen molar-refractivity contribution in [3.05, 3.63) is 0 Å². The smallest absolute Gasteiger partial charge is 0.322 e. The van der Waals surface area contributed by atoms with E-state index in [-0.39, 0.29) is 25.0 Å². The summed E-state index contributed by atoms with van der Waals surface area (Å²) in [6.07, 6.45) is 1.75. The molecule has 0 aromatic carbocycles. The number of hydrogen-bond acceptors (Lipinski definition) is 5. The summed E-state index contributed by atoms with van der Waals surface area (Å²) in [6.45, 7) is -0.322. The molecule has 1 rings (SSSR count). The van der Waals surface area contributed by atoms with Crippen molar-refractivity contribution < 1.29 is 24.2 Å². The molecule has 0 heterocycles. The van der Waals surface area contributed by atoms with E-state index in [9.17, 15) is 14.4 Å². The predicted molar refractivity (Wildman–Crippen MR) is 56.9 cm³/mol. The lowest BCUT2D eigenvalue weighted by Crippen LogP contribution is -2.38. The molecule has 1 aliphatic carbocycles. The molecule has 96 valence electrons. The highest BCUT2D eigenvalue weighted by Crippen LogP contribution is 2.20. The van der Waals surface area contributed by atoms with Gasteiger partial charge in [0.05, 0.1) is 12.5 Å². The summed E-state index contributed by atoms with van der Waals surface area (Å²) in [7, 11) is 0. The van der Waals surface area contributed by atoms with Crippen molar-refractivity contribution >= 4 is 17.7 Å². The molecule has 0 aromatic heterocycles. The van der Waals surface area contributed by atoms with E-state index in [4.69, 9.17) is 15.6 Å². The van der Waals surface area contributed by atoms with Gasteiger partial charge in [0.2, 0.25) is 5.91 Å². The number of amides is 1. The van der Waals surface area contributed by atoms with Crippen LogP contribution >= 0.6 is 0 Å². The first-order chi connectivity index (χ1) is 8.02. The number of ketones is 1. The van der Waals surface area contributed by atoms with Crippen LogP contribution in [0.4, 0.5) is 0 Å². The van der Waals surface area contributed by atoms with E-state index in [0.717, 1.165) is 6.42 Å². The van der Waals surface area contributed by atoms with Crippen molar-refractivity contribution in [2.45, 2.75) is 25.3 Å². The highest BCUT2D eigenvalue weighted by atomic mass is 16.5. The minimum atomic E-state index is -1.16. The minimum Gasteiger partial charge on any atom is -0.480 e. The molecule has 4 N–H and O–H groups in total. The first kappa shape index (κ1) is 13.6. The molecule has 1 amide bonds. The van der Waals surface area contributed by atoms with Crippen molar-refractivity contribution in [3.8, 4) is 0 Å². The predicted octanol–water partition coefficient (Wildman–Crippen LogP) is -1.14. The van der Waals surface area contributed by atoms with Crippen LogP contribution in [0.2, 0.25) is 0 Å². The van der Waals surface area contributed by atoms with Gasteiger partial charge in [0, 0.05) is 6.42 Å². The van der Waals surface area contributed by atoms with Crippen molar-refractivity contribution in [3.63, 3.8) is 0 Å². The molecule has 2 unspecified atom stereocenters. The van der Waals surface area contributed by atoms with Crippen LogP contribution in [0.1, 0.15) is 19.3 Å². The summed E-state index contributed by atoms with van der Waals surface area (Å²) >= 11 is 0. The maximum Gasteiger partial charge on any atom is 0.322 e. The monoisotopic (exact) mass is 244 g/mol. The number of carboxylic acids is 1. The summed E-state index contributed by atoms with van der Waals surface area (Å²) in [6, 6.07) is -1.11. The van der Waals surface area contributed by atoms with Crippen LogP contribution in [0.3, 0.4) is 0 Å². The molecule has 1 aliphatic rings. The number of Topliss-reactive ketones (excluding diaryl/α,β-unsaturated/α-hetero) is 1. The molecule has 7 nitrogen and oxygen atoms in total. The second-order valence-corrected chi connectivity index (χ2v) is 3.91. The molecule has 17 heavy (non-hydrogen) atoms. The fourth-order valence-electron chi connectivity index (χ4n) is 1.60. The molecular formula is C10H16N2O5. The molecule has 0 saturated heterocycles. The highest BCUT2D eigenvalue weighted by molar-refractivity contribution is 6.02. The third-order valence-corrected chi connectivity index (χ3v) is 2.58. The minimum absolute atomic E-state index is 0.0512. The van der Waals surface area contributed by atoms with Gasteiger partial charge < -0.3 is 20.9 Å². The molecule has 0 bridgehead atoms. The van der Waals surface area contributed by atoms with E-state index in [2.05, 4.69) is 5.32 Å². The topological polar surface area (TPSA) is 119 Å². The largest absolute Gasteiger partial charge is 0.480 e. The first-order valence-electron chi connectivity index (χ1n) is 5.39. The molecule has 1 fully saturated rings. The van der Waals surface area contributed by atoms with Crippen molar-refractivity contribution in [1.29, 1.82) is 0 Å². The Balaban J connectivity index is 2.16. The molecule has 0 aromatic rings. The van der Waals surface area contributed by atoms with Gasteiger partial charge >= 0.3 is 5.97 Å². The van der Waals surface area contributed by atoms with Crippen molar-refractivity contribution in [2.75, 3.05) is 13.3 Å². The van der Waals surface area contributed by atoms with Crippen LogP contribution in [0.25, 0.3) is 0 Å². The third kappa shape index (κ3) is 4.12. The van der Waals surface area contributed by atoms with Crippen molar-refractivity contribution in [1.82, 2.24) is 5.32 Å². The molecule has 0 radical (unpaired) electrons. The second-order valence-electron chi connectivity index (χ2n) is 3.91. The van der Waals surface area contributed by atoms with Crippen LogP contribution in [-0.4, -0.2) is 42.1 Å². The fourth-order valence-corrected chi connectivity index (χ4v) is 1.60. The Hall–Kier alpha value is -1.47. The van der Waals surface area contributed by atoms with E-state index in [1.807, 2.05) is 0 Å². The average Bonchev–Trinajstić information content (AvgIpc) is 2.70. The molecular weight excluding hydrogens is 228 g/mol. The number of nitrogens with two attached hydrogens (primary N) is 1. The summed E-state index contributed by atoms with van der Waals surface area (Å²) < 4.78 is 4.87. The van der Waals surface area contributed by atoms with E-state index >= 15 is 0 Å². The Morgan fingerprint density at radius 2 is 2.29 bits per heavy atom. The van der Waals surface area contributed by atoms with Gasteiger partial charge in [-0.1, -0.05) is 0 Å². The maximum atomic E-state index is 11.5. The quantitative estimate of drug-likeness (QED) is 0.308. The number of carbonyl (C=O) groups excluding carboxylic acids is 2. The van der Waals surface area contributed by atoms with Gasteiger partial charge in [-0.15, -0.1) is 0 Å². The van der Waals surface area contributed by atoms with Gasteiger partial charge in [-0.25, -0.2) is 0 Å². The van der Waals surface area contributed by atoms with Gasteiger partial charge in [-0.2, -0.15) is 0 Å². The number of aliphatic carboxylic acids is 1. The van der Waals surface area contributed by atoms with Gasteiger partial charge in [0.15, 0.2) is 0 Å². The Labute approximate surface area is 98.3 Å². The second kappa shape index (κ2) is 6.31.